The van der Waals surface area contributed by atoms with Crippen LogP contribution in [0, 0.1) is 0 Å². The normalized spacial score (nSPS) is 13.0. The summed E-state index contributed by atoms with van der Waals surface area (Å²) >= 11 is 1.41. The summed E-state index contributed by atoms with van der Waals surface area (Å²) in [5.74, 6) is 0.664. The fourth-order valence-electron chi connectivity index (χ4n) is 2.15. The molecular weight excluding hydrogens is 258 g/mol. The predicted octanol–water partition coefficient (Wildman–Crippen LogP) is 3.69. The molecule has 0 spiro atoms. The van der Waals surface area contributed by atoms with Crippen LogP contribution < -0.4 is 4.74 Å². The van der Waals surface area contributed by atoms with Gasteiger partial charge in [0, 0.05) is 11.0 Å². The summed E-state index contributed by atoms with van der Waals surface area (Å²) in [7, 11) is 1.66. The number of pyridine rings is 1. The first-order valence-corrected chi connectivity index (χ1v) is 7.14. The zero-order valence-corrected chi connectivity index (χ0v) is 13.5. The second kappa shape index (κ2) is 4.40. The lowest BCUT2D eigenvalue weighted by Crippen LogP contribution is -2.19. The van der Waals surface area contributed by atoms with Crippen molar-refractivity contribution in [1.29, 1.82) is 0 Å². The molecule has 2 heterocycles. The molecule has 0 N–H and O–H groups in total. The van der Waals surface area contributed by atoms with Crippen LogP contribution in [0.2, 0.25) is 0 Å². The zero-order valence-electron chi connectivity index (χ0n) is 12.7. The lowest BCUT2D eigenvalue weighted by atomic mass is 9.84. The molecule has 104 valence electrons. The number of hydrogen-bond acceptors (Lipinski definition) is 5. The van der Waals surface area contributed by atoms with Gasteiger partial charge in [-0.05, 0) is 16.9 Å². The fourth-order valence-corrected chi connectivity index (χ4v) is 3.02. The van der Waals surface area contributed by atoms with Gasteiger partial charge in [-0.25, -0.2) is 4.98 Å². The average molecular weight is 279 g/mol. The van der Waals surface area contributed by atoms with Crippen molar-refractivity contribution in [1.82, 2.24) is 14.6 Å². The SMILES string of the molecule is COc1nc(C(C)(C)C)c2snnc2c1C(C)(C)C. The average Bonchev–Trinajstić information content (AvgIpc) is 2.71. The molecule has 4 nitrogen and oxygen atoms in total. The van der Waals surface area contributed by atoms with Gasteiger partial charge < -0.3 is 4.74 Å². The molecule has 0 amide bonds. The Bertz CT molecular complexity index is 605. The second-order valence-corrected chi connectivity index (χ2v) is 7.55. The topological polar surface area (TPSA) is 47.9 Å². The van der Waals surface area contributed by atoms with Gasteiger partial charge in [-0.3, -0.25) is 0 Å². The van der Waals surface area contributed by atoms with Crippen LogP contribution in [0.1, 0.15) is 52.8 Å². The van der Waals surface area contributed by atoms with E-state index in [9.17, 15) is 0 Å². The Hall–Kier alpha value is -1.23. The van der Waals surface area contributed by atoms with Crippen LogP contribution in [0.4, 0.5) is 0 Å². The number of rotatable bonds is 1. The van der Waals surface area contributed by atoms with E-state index in [0.717, 1.165) is 21.5 Å². The quantitative estimate of drug-likeness (QED) is 0.798. The molecule has 0 bridgehead atoms. The van der Waals surface area contributed by atoms with Gasteiger partial charge in [0.2, 0.25) is 5.88 Å². The van der Waals surface area contributed by atoms with Crippen molar-refractivity contribution in [3.63, 3.8) is 0 Å². The molecule has 5 heteroatoms. The van der Waals surface area contributed by atoms with Gasteiger partial charge in [0.15, 0.2) is 0 Å². The van der Waals surface area contributed by atoms with Gasteiger partial charge in [0.05, 0.1) is 17.5 Å². The molecule has 0 aromatic carbocycles. The maximum Gasteiger partial charge on any atom is 0.219 e. The lowest BCUT2D eigenvalue weighted by molar-refractivity contribution is 0.377. The van der Waals surface area contributed by atoms with E-state index in [4.69, 9.17) is 9.72 Å². The molecule has 0 aliphatic heterocycles. The highest BCUT2D eigenvalue weighted by Crippen LogP contribution is 2.40. The summed E-state index contributed by atoms with van der Waals surface area (Å²) in [4.78, 5) is 4.74. The smallest absolute Gasteiger partial charge is 0.219 e. The van der Waals surface area contributed by atoms with E-state index < -0.39 is 0 Å². The molecule has 19 heavy (non-hydrogen) atoms. The Morgan fingerprint density at radius 3 is 2.11 bits per heavy atom. The molecule has 0 aliphatic rings. The van der Waals surface area contributed by atoms with Crippen molar-refractivity contribution in [3.05, 3.63) is 11.3 Å². The zero-order chi connectivity index (χ0) is 14.4. The van der Waals surface area contributed by atoms with Crippen molar-refractivity contribution in [2.75, 3.05) is 7.11 Å². The number of methoxy groups -OCH3 is 1. The molecule has 2 aromatic rings. The summed E-state index contributed by atoms with van der Waals surface area (Å²) in [5, 5.41) is 4.32. The fraction of sp³-hybridized carbons (Fsp3) is 0.643. The molecule has 0 fully saturated rings. The van der Waals surface area contributed by atoms with Crippen molar-refractivity contribution in [2.45, 2.75) is 52.4 Å². The number of ether oxygens (including phenoxy) is 1. The summed E-state index contributed by atoms with van der Waals surface area (Å²) in [6, 6.07) is 0. The monoisotopic (exact) mass is 279 g/mol. The molecule has 0 atom stereocenters. The highest BCUT2D eigenvalue weighted by molar-refractivity contribution is 7.13. The van der Waals surface area contributed by atoms with Crippen LogP contribution >= 0.6 is 11.5 Å². The second-order valence-electron chi connectivity index (χ2n) is 6.80. The van der Waals surface area contributed by atoms with E-state index in [1.165, 1.54) is 11.5 Å². The maximum atomic E-state index is 5.51. The minimum Gasteiger partial charge on any atom is -0.481 e. The minimum absolute atomic E-state index is 0.0594. The molecule has 0 saturated heterocycles. The van der Waals surface area contributed by atoms with Crippen LogP contribution in [0.25, 0.3) is 10.2 Å². The van der Waals surface area contributed by atoms with E-state index >= 15 is 0 Å². The third-order valence-corrected chi connectivity index (χ3v) is 3.75. The first-order valence-electron chi connectivity index (χ1n) is 6.37. The van der Waals surface area contributed by atoms with Gasteiger partial charge in [0.1, 0.15) is 5.52 Å². The number of aromatic nitrogens is 3. The van der Waals surface area contributed by atoms with Crippen LogP contribution in [0.5, 0.6) is 5.88 Å². The van der Waals surface area contributed by atoms with E-state index in [1.807, 2.05) is 0 Å². The van der Waals surface area contributed by atoms with Gasteiger partial charge >= 0.3 is 0 Å². The van der Waals surface area contributed by atoms with Crippen LogP contribution in [0.3, 0.4) is 0 Å². The highest BCUT2D eigenvalue weighted by Gasteiger charge is 2.30. The minimum atomic E-state index is -0.0806. The Kier molecular flexibility index (Phi) is 3.29. The summed E-state index contributed by atoms with van der Waals surface area (Å²) in [5.41, 5.74) is 2.82. The van der Waals surface area contributed by atoms with Crippen LogP contribution in [0.15, 0.2) is 0 Å². The van der Waals surface area contributed by atoms with E-state index in [-0.39, 0.29) is 10.8 Å². The Labute approximate surface area is 118 Å². The van der Waals surface area contributed by atoms with Crippen LogP contribution in [-0.4, -0.2) is 21.7 Å². The first-order chi connectivity index (χ1) is 8.66. The van der Waals surface area contributed by atoms with Gasteiger partial charge in [-0.15, -0.1) is 5.10 Å². The molecule has 2 aromatic heterocycles. The highest BCUT2D eigenvalue weighted by atomic mass is 32.1. The molecule has 0 aliphatic carbocycles. The van der Waals surface area contributed by atoms with Crippen molar-refractivity contribution in [2.24, 2.45) is 0 Å². The Balaban J connectivity index is 2.89. The van der Waals surface area contributed by atoms with Gasteiger partial charge in [-0.2, -0.15) is 0 Å². The summed E-state index contributed by atoms with van der Waals surface area (Å²) < 4.78 is 10.7. The molecule has 2 rings (SSSR count). The van der Waals surface area contributed by atoms with Crippen molar-refractivity contribution >= 4 is 21.7 Å². The predicted molar refractivity (Wildman–Crippen MR) is 79.2 cm³/mol. The third-order valence-electron chi connectivity index (χ3n) is 3.02. The van der Waals surface area contributed by atoms with Crippen molar-refractivity contribution in [3.8, 4) is 5.88 Å². The van der Waals surface area contributed by atoms with Gasteiger partial charge in [-0.1, -0.05) is 46.0 Å². The summed E-state index contributed by atoms with van der Waals surface area (Å²) in [6.45, 7) is 12.9. The number of nitrogens with zero attached hydrogens (tertiary/aromatic N) is 3. The number of hydrogen-bond donors (Lipinski definition) is 0. The molecular formula is C14H21N3OS. The van der Waals surface area contributed by atoms with E-state index in [0.29, 0.717) is 5.88 Å². The maximum absolute atomic E-state index is 5.51. The first kappa shape index (κ1) is 14.2. The van der Waals surface area contributed by atoms with Crippen LogP contribution in [-0.2, 0) is 10.8 Å². The van der Waals surface area contributed by atoms with E-state index in [2.05, 4.69) is 51.1 Å². The molecule has 0 radical (unpaired) electrons. The van der Waals surface area contributed by atoms with E-state index in [1.54, 1.807) is 7.11 Å². The Morgan fingerprint density at radius 2 is 1.63 bits per heavy atom. The molecule has 0 saturated carbocycles. The third kappa shape index (κ3) is 2.43. The lowest BCUT2D eigenvalue weighted by Gasteiger charge is -2.25. The van der Waals surface area contributed by atoms with Gasteiger partial charge in [0.25, 0.3) is 0 Å². The number of fused-ring (bicyclic) bond motifs is 1. The largest absolute Gasteiger partial charge is 0.481 e. The summed E-state index contributed by atoms with van der Waals surface area (Å²) in [6.07, 6.45) is 0. The standard InChI is InChI=1S/C14H21N3OS/c1-13(2,3)8-9-10(19-17-16-9)11(14(4,5)6)15-12(8)18-7/h1-7H3. The Morgan fingerprint density at radius 1 is 1.00 bits per heavy atom. The molecule has 0 unspecified atom stereocenters. The van der Waals surface area contributed by atoms with Crippen molar-refractivity contribution < 1.29 is 4.74 Å².